The first-order chi connectivity index (χ1) is 15.0. The summed E-state index contributed by atoms with van der Waals surface area (Å²) < 4.78 is 39.2. The van der Waals surface area contributed by atoms with Crippen molar-refractivity contribution in [2.45, 2.75) is 39.3 Å². The number of sulfonamides is 1. The monoisotopic (exact) mass is 463 g/mol. The number of likely N-dealkylation sites (N-methyl/N-ethyl adjacent to an activating group) is 1. The second-order valence-electron chi connectivity index (χ2n) is 7.66. The smallest absolute Gasteiger partial charge is 0.242 e. The second kappa shape index (κ2) is 11.1. The maximum Gasteiger partial charge on any atom is 0.242 e. The number of benzene rings is 2. The van der Waals surface area contributed by atoms with Crippen molar-refractivity contribution < 1.29 is 22.4 Å². The molecule has 0 spiro atoms. The SMILES string of the molecule is CNC(=O)C(C)N(Cc1ccc(F)cc1)C(=O)CCCN(c1ccccc1C)S(C)(=O)=O. The Morgan fingerprint density at radius 3 is 2.28 bits per heavy atom. The van der Waals surface area contributed by atoms with E-state index in [0.717, 1.165) is 11.8 Å². The second-order valence-corrected chi connectivity index (χ2v) is 9.57. The summed E-state index contributed by atoms with van der Waals surface area (Å²) in [4.78, 5) is 26.6. The topological polar surface area (TPSA) is 86.8 Å². The molecule has 0 heterocycles. The molecule has 2 rings (SSSR count). The van der Waals surface area contributed by atoms with Gasteiger partial charge in [0.25, 0.3) is 0 Å². The lowest BCUT2D eigenvalue weighted by atomic mass is 10.1. The van der Waals surface area contributed by atoms with Crippen molar-refractivity contribution in [2.24, 2.45) is 0 Å². The number of hydrogen-bond donors (Lipinski definition) is 1. The largest absolute Gasteiger partial charge is 0.357 e. The van der Waals surface area contributed by atoms with Crippen LogP contribution in [0.2, 0.25) is 0 Å². The Balaban J connectivity index is 2.14. The molecule has 9 heteroatoms. The van der Waals surface area contributed by atoms with E-state index in [4.69, 9.17) is 0 Å². The number of aryl methyl sites for hydroxylation is 1. The molecular formula is C23H30FN3O4S. The van der Waals surface area contributed by atoms with Crippen molar-refractivity contribution in [1.82, 2.24) is 10.2 Å². The zero-order valence-electron chi connectivity index (χ0n) is 18.8. The highest BCUT2D eigenvalue weighted by Crippen LogP contribution is 2.23. The number of anilines is 1. The van der Waals surface area contributed by atoms with Gasteiger partial charge in [-0.1, -0.05) is 30.3 Å². The number of halogens is 1. The average Bonchev–Trinajstić information content (AvgIpc) is 2.75. The predicted molar refractivity (Wildman–Crippen MR) is 123 cm³/mol. The van der Waals surface area contributed by atoms with Gasteiger partial charge < -0.3 is 10.2 Å². The molecule has 0 radical (unpaired) electrons. The number of para-hydroxylation sites is 1. The molecule has 0 aliphatic rings. The molecule has 0 aromatic heterocycles. The van der Waals surface area contributed by atoms with E-state index in [1.54, 1.807) is 31.2 Å². The van der Waals surface area contributed by atoms with Crippen molar-refractivity contribution in [3.8, 4) is 0 Å². The number of carbonyl (C=O) groups excluding carboxylic acids is 2. The maximum absolute atomic E-state index is 13.2. The van der Waals surface area contributed by atoms with Crippen LogP contribution < -0.4 is 9.62 Å². The highest BCUT2D eigenvalue weighted by molar-refractivity contribution is 7.92. The minimum Gasteiger partial charge on any atom is -0.357 e. The highest BCUT2D eigenvalue weighted by atomic mass is 32.2. The van der Waals surface area contributed by atoms with Crippen LogP contribution in [0.5, 0.6) is 0 Å². The van der Waals surface area contributed by atoms with Gasteiger partial charge in [-0.3, -0.25) is 13.9 Å². The Morgan fingerprint density at radius 2 is 1.72 bits per heavy atom. The van der Waals surface area contributed by atoms with Crippen molar-refractivity contribution in [2.75, 3.05) is 24.2 Å². The Labute approximate surface area is 189 Å². The first-order valence-electron chi connectivity index (χ1n) is 10.3. The molecular weight excluding hydrogens is 433 g/mol. The van der Waals surface area contributed by atoms with Gasteiger partial charge >= 0.3 is 0 Å². The Kier molecular flexibility index (Phi) is 8.77. The van der Waals surface area contributed by atoms with Gasteiger partial charge in [0.15, 0.2) is 0 Å². The minimum atomic E-state index is -3.54. The molecule has 1 atom stereocenters. The van der Waals surface area contributed by atoms with E-state index in [0.29, 0.717) is 11.3 Å². The number of nitrogens with one attached hydrogen (secondary N) is 1. The molecule has 1 unspecified atom stereocenters. The fraction of sp³-hybridized carbons (Fsp3) is 0.391. The summed E-state index contributed by atoms with van der Waals surface area (Å²) in [6.07, 6.45) is 1.47. The normalized spacial score (nSPS) is 12.2. The third-order valence-corrected chi connectivity index (χ3v) is 6.40. The molecule has 32 heavy (non-hydrogen) atoms. The fourth-order valence-electron chi connectivity index (χ4n) is 3.40. The minimum absolute atomic E-state index is 0.0560. The molecule has 0 aliphatic heterocycles. The van der Waals surface area contributed by atoms with Gasteiger partial charge in [-0.25, -0.2) is 12.8 Å². The molecule has 1 N–H and O–H groups in total. The molecule has 0 saturated heterocycles. The molecule has 7 nitrogen and oxygen atoms in total. The van der Waals surface area contributed by atoms with Crippen LogP contribution in [0.3, 0.4) is 0 Å². The molecule has 0 aliphatic carbocycles. The summed E-state index contributed by atoms with van der Waals surface area (Å²) in [5.41, 5.74) is 2.08. The summed E-state index contributed by atoms with van der Waals surface area (Å²) in [7, 11) is -2.04. The van der Waals surface area contributed by atoms with Gasteiger partial charge in [0.1, 0.15) is 11.9 Å². The maximum atomic E-state index is 13.2. The van der Waals surface area contributed by atoms with Crippen molar-refractivity contribution >= 4 is 27.5 Å². The fourth-order valence-corrected chi connectivity index (χ4v) is 4.43. The summed E-state index contributed by atoms with van der Waals surface area (Å²) in [5.74, 6) is -0.996. The molecule has 0 bridgehead atoms. The summed E-state index contributed by atoms with van der Waals surface area (Å²) in [6.45, 7) is 3.72. The van der Waals surface area contributed by atoms with E-state index in [2.05, 4.69) is 5.32 Å². The lowest BCUT2D eigenvalue weighted by Crippen LogP contribution is -2.46. The first kappa shape index (κ1) is 25.3. The van der Waals surface area contributed by atoms with Crippen LogP contribution >= 0.6 is 0 Å². The lowest BCUT2D eigenvalue weighted by molar-refractivity contribution is -0.140. The lowest BCUT2D eigenvalue weighted by Gasteiger charge is -2.29. The zero-order chi connectivity index (χ0) is 23.9. The third kappa shape index (κ3) is 6.78. The van der Waals surface area contributed by atoms with E-state index in [1.807, 2.05) is 19.1 Å². The van der Waals surface area contributed by atoms with E-state index < -0.39 is 16.1 Å². The zero-order valence-corrected chi connectivity index (χ0v) is 19.7. The van der Waals surface area contributed by atoms with Crippen molar-refractivity contribution in [3.05, 3.63) is 65.5 Å². The van der Waals surface area contributed by atoms with Gasteiger partial charge in [-0.05, 0) is 49.6 Å². The number of carbonyl (C=O) groups is 2. The summed E-state index contributed by atoms with van der Waals surface area (Å²) in [6, 6.07) is 12.1. The van der Waals surface area contributed by atoms with Crippen molar-refractivity contribution in [3.63, 3.8) is 0 Å². The Bertz CT molecular complexity index is 1040. The van der Waals surface area contributed by atoms with Crippen LogP contribution in [-0.2, 0) is 26.2 Å². The van der Waals surface area contributed by atoms with Gasteiger partial charge in [0, 0.05) is 26.6 Å². The quantitative estimate of drug-likeness (QED) is 0.587. The van der Waals surface area contributed by atoms with Crippen LogP contribution in [0.15, 0.2) is 48.5 Å². The van der Waals surface area contributed by atoms with Gasteiger partial charge in [0.2, 0.25) is 21.8 Å². The van der Waals surface area contributed by atoms with Crippen LogP contribution in [-0.4, -0.2) is 51.0 Å². The molecule has 174 valence electrons. The van der Waals surface area contributed by atoms with Gasteiger partial charge in [-0.2, -0.15) is 0 Å². The average molecular weight is 464 g/mol. The number of amides is 2. The molecule has 2 aromatic carbocycles. The van der Waals surface area contributed by atoms with Gasteiger partial charge in [-0.15, -0.1) is 0 Å². The molecule has 2 amide bonds. The summed E-state index contributed by atoms with van der Waals surface area (Å²) in [5, 5.41) is 2.54. The number of hydrogen-bond acceptors (Lipinski definition) is 4. The van der Waals surface area contributed by atoms with Gasteiger partial charge in [0.05, 0.1) is 11.9 Å². The highest BCUT2D eigenvalue weighted by Gasteiger charge is 2.26. The number of rotatable bonds is 10. The molecule has 0 fully saturated rings. The standard InChI is InChI=1S/C23H30FN3O4S/c1-17-8-5-6-9-21(17)27(32(4,30)31)15-7-10-22(28)26(18(2)23(29)25-3)16-19-11-13-20(24)14-12-19/h5-6,8-9,11-14,18H,7,10,15-16H2,1-4H3,(H,25,29). The summed E-state index contributed by atoms with van der Waals surface area (Å²) >= 11 is 0. The number of nitrogens with zero attached hydrogens (tertiary/aromatic N) is 2. The molecule has 0 saturated carbocycles. The van der Waals surface area contributed by atoms with E-state index >= 15 is 0 Å². The first-order valence-corrected chi connectivity index (χ1v) is 12.2. The van der Waals surface area contributed by atoms with Crippen LogP contribution in [0.1, 0.15) is 30.9 Å². The predicted octanol–water partition coefficient (Wildman–Crippen LogP) is 2.84. The third-order valence-electron chi connectivity index (χ3n) is 5.22. The van der Waals surface area contributed by atoms with E-state index in [1.165, 1.54) is 28.4 Å². The van der Waals surface area contributed by atoms with Crippen LogP contribution in [0, 0.1) is 12.7 Å². The van der Waals surface area contributed by atoms with Crippen molar-refractivity contribution in [1.29, 1.82) is 0 Å². The van der Waals surface area contributed by atoms with E-state index in [9.17, 15) is 22.4 Å². The van der Waals surface area contributed by atoms with Crippen LogP contribution in [0.25, 0.3) is 0 Å². The molecule has 2 aromatic rings. The Morgan fingerprint density at radius 1 is 1.09 bits per heavy atom. The Hall–Kier alpha value is -2.94. The van der Waals surface area contributed by atoms with Crippen LogP contribution in [0.4, 0.5) is 10.1 Å². The van der Waals surface area contributed by atoms with E-state index in [-0.39, 0.29) is 43.6 Å².